The van der Waals surface area contributed by atoms with Gasteiger partial charge in [0.15, 0.2) is 0 Å². The van der Waals surface area contributed by atoms with Gasteiger partial charge in [-0.05, 0) is 52.5 Å². The van der Waals surface area contributed by atoms with Gasteiger partial charge < -0.3 is 15.3 Å². The lowest BCUT2D eigenvalue weighted by molar-refractivity contribution is 0.0702. The lowest BCUT2D eigenvalue weighted by Gasteiger charge is -2.16. The van der Waals surface area contributed by atoms with Gasteiger partial charge in [0.05, 0.1) is 0 Å². The Morgan fingerprint density at radius 1 is 1.56 bits per heavy atom. The molecule has 0 saturated carbocycles. The van der Waals surface area contributed by atoms with Crippen molar-refractivity contribution in [1.29, 1.82) is 0 Å². The topological polar surface area (TPSA) is 52.6 Å². The van der Waals surface area contributed by atoms with Crippen molar-refractivity contribution >= 4 is 17.3 Å². The van der Waals surface area contributed by atoms with E-state index in [1.54, 1.807) is 6.07 Å². The van der Waals surface area contributed by atoms with Gasteiger partial charge in [-0.25, -0.2) is 4.79 Å². The number of carboxylic acids is 1. The van der Waals surface area contributed by atoms with Crippen molar-refractivity contribution in [3.63, 3.8) is 0 Å². The molecule has 2 N–H and O–H groups in total. The molecule has 0 fully saturated rings. The van der Waals surface area contributed by atoms with Crippen LogP contribution in [0, 0.1) is 6.92 Å². The molecule has 1 atom stereocenters. The fourth-order valence-corrected chi connectivity index (χ4v) is 2.52. The third-order valence-corrected chi connectivity index (χ3v) is 3.96. The van der Waals surface area contributed by atoms with Crippen LogP contribution in [-0.4, -0.2) is 42.7 Å². The Kier molecular flexibility index (Phi) is 5.78. The van der Waals surface area contributed by atoms with Crippen molar-refractivity contribution in [2.45, 2.75) is 32.9 Å². The van der Waals surface area contributed by atoms with Crippen LogP contribution in [0.5, 0.6) is 0 Å². The van der Waals surface area contributed by atoms with Crippen LogP contribution in [-0.2, 0) is 6.54 Å². The van der Waals surface area contributed by atoms with Crippen molar-refractivity contribution in [3.8, 4) is 0 Å². The summed E-state index contributed by atoms with van der Waals surface area (Å²) < 4.78 is 0. The first-order chi connectivity index (χ1) is 8.40. The first kappa shape index (κ1) is 15.1. The highest BCUT2D eigenvalue weighted by atomic mass is 32.1. The van der Waals surface area contributed by atoms with Crippen LogP contribution < -0.4 is 5.32 Å². The second-order valence-corrected chi connectivity index (χ2v) is 6.13. The summed E-state index contributed by atoms with van der Waals surface area (Å²) in [5.74, 6) is -0.838. The van der Waals surface area contributed by atoms with Crippen molar-refractivity contribution in [3.05, 3.63) is 21.4 Å². The van der Waals surface area contributed by atoms with E-state index >= 15 is 0 Å². The minimum Gasteiger partial charge on any atom is -0.477 e. The molecule has 102 valence electrons. The zero-order valence-electron chi connectivity index (χ0n) is 11.5. The van der Waals surface area contributed by atoms with E-state index in [4.69, 9.17) is 5.11 Å². The molecule has 1 unspecified atom stereocenters. The van der Waals surface area contributed by atoms with Crippen LogP contribution in [0.3, 0.4) is 0 Å². The zero-order chi connectivity index (χ0) is 13.7. The van der Waals surface area contributed by atoms with E-state index in [0.717, 1.165) is 30.0 Å². The van der Waals surface area contributed by atoms with Gasteiger partial charge in [0.1, 0.15) is 4.88 Å². The second-order valence-electron chi connectivity index (χ2n) is 4.87. The summed E-state index contributed by atoms with van der Waals surface area (Å²) in [5.41, 5.74) is 1.09. The Morgan fingerprint density at radius 3 is 2.72 bits per heavy atom. The summed E-state index contributed by atoms with van der Waals surface area (Å²) in [6.07, 6.45) is 1.09. The molecule has 1 rings (SSSR count). The molecule has 0 radical (unpaired) electrons. The van der Waals surface area contributed by atoms with Gasteiger partial charge in [-0.1, -0.05) is 0 Å². The smallest absolute Gasteiger partial charge is 0.345 e. The summed E-state index contributed by atoms with van der Waals surface area (Å²) in [5, 5.41) is 12.4. The van der Waals surface area contributed by atoms with Gasteiger partial charge in [0.25, 0.3) is 0 Å². The highest BCUT2D eigenvalue weighted by molar-refractivity contribution is 7.14. The largest absolute Gasteiger partial charge is 0.477 e. The van der Waals surface area contributed by atoms with Crippen LogP contribution in [0.4, 0.5) is 0 Å². The first-order valence-corrected chi connectivity index (χ1v) is 6.92. The maximum atomic E-state index is 10.9. The maximum absolute atomic E-state index is 10.9. The fraction of sp³-hybridized carbons (Fsp3) is 0.615. The number of carboxylic acid groups (broad SMARTS) is 1. The molecule has 5 heteroatoms. The molecule has 4 nitrogen and oxygen atoms in total. The third-order valence-electron chi connectivity index (χ3n) is 2.88. The third kappa shape index (κ3) is 4.76. The minimum atomic E-state index is -0.838. The summed E-state index contributed by atoms with van der Waals surface area (Å²) in [6.45, 7) is 5.92. The van der Waals surface area contributed by atoms with Crippen LogP contribution >= 0.6 is 11.3 Å². The molecule has 1 aromatic rings. The lowest BCUT2D eigenvalue weighted by Crippen LogP contribution is -2.29. The second kappa shape index (κ2) is 6.87. The van der Waals surface area contributed by atoms with Crippen LogP contribution in [0.15, 0.2) is 6.07 Å². The summed E-state index contributed by atoms with van der Waals surface area (Å²) in [4.78, 5) is 14.5. The molecule has 0 aliphatic rings. The van der Waals surface area contributed by atoms with E-state index < -0.39 is 5.97 Å². The van der Waals surface area contributed by atoms with Gasteiger partial charge in [-0.15, -0.1) is 11.3 Å². The molecule has 1 aromatic heterocycles. The molecule has 0 aliphatic heterocycles. The summed E-state index contributed by atoms with van der Waals surface area (Å²) in [7, 11) is 4.13. The summed E-state index contributed by atoms with van der Waals surface area (Å²) in [6, 6.07) is 2.20. The van der Waals surface area contributed by atoms with Crippen LogP contribution in [0.25, 0.3) is 0 Å². The van der Waals surface area contributed by atoms with Gasteiger partial charge in [-0.2, -0.15) is 0 Å². The normalized spacial score (nSPS) is 12.9. The van der Waals surface area contributed by atoms with Crippen LogP contribution in [0.2, 0.25) is 0 Å². The van der Waals surface area contributed by atoms with Gasteiger partial charge in [0.2, 0.25) is 0 Å². The number of carbonyl (C=O) groups is 1. The average molecular weight is 270 g/mol. The number of nitrogens with zero attached hydrogens (tertiary/aromatic N) is 1. The van der Waals surface area contributed by atoms with Crippen LogP contribution in [0.1, 0.15) is 33.5 Å². The highest BCUT2D eigenvalue weighted by Crippen LogP contribution is 2.21. The molecule has 0 amide bonds. The predicted octanol–water partition coefficient (Wildman–Crippen LogP) is 2.18. The SMILES string of the molecule is Cc1sc(C(=O)O)cc1CNC(C)CCN(C)C. The molecule has 1 heterocycles. The lowest BCUT2D eigenvalue weighted by atomic mass is 10.2. The molecule has 0 spiro atoms. The Balaban J connectivity index is 2.45. The average Bonchev–Trinajstić information content (AvgIpc) is 2.65. The van der Waals surface area contributed by atoms with Crippen molar-refractivity contribution < 1.29 is 9.90 Å². The number of hydrogen-bond donors (Lipinski definition) is 2. The van der Waals surface area contributed by atoms with Crippen molar-refractivity contribution in [2.75, 3.05) is 20.6 Å². The van der Waals surface area contributed by atoms with E-state index in [2.05, 4.69) is 31.2 Å². The number of rotatable bonds is 7. The maximum Gasteiger partial charge on any atom is 0.345 e. The standard InChI is InChI=1S/C13H22N2O2S/c1-9(5-6-15(3)4)14-8-11-7-12(13(16)17)18-10(11)2/h7,9,14H,5-6,8H2,1-4H3,(H,16,17). The minimum absolute atomic E-state index is 0.422. The number of nitrogens with one attached hydrogen (secondary N) is 1. The van der Waals surface area contributed by atoms with Crippen molar-refractivity contribution in [2.24, 2.45) is 0 Å². The van der Waals surface area contributed by atoms with Gasteiger partial charge in [0, 0.05) is 17.5 Å². The molecular formula is C13H22N2O2S. The van der Waals surface area contributed by atoms with E-state index in [9.17, 15) is 4.79 Å². The predicted molar refractivity (Wildman–Crippen MR) is 75.5 cm³/mol. The summed E-state index contributed by atoms with van der Waals surface area (Å²) >= 11 is 1.34. The number of aryl methyl sites for hydroxylation is 1. The first-order valence-electron chi connectivity index (χ1n) is 6.11. The van der Waals surface area contributed by atoms with Crippen molar-refractivity contribution in [1.82, 2.24) is 10.2 Å². The zero-order valence-corrected chi connectivity index (χ0v) is 12.3. The molecule has 0 saturated heterocycles. The number of hydrogen-bond acceptors (Lipinski definition) is 4. The Morgan fingerprint density at radius 2 is 2.22 bits per heavy atom. The molecular weight excluding hydrogens is 248 g/mol. The molecule has 18 heavy (non-hydrogen) atoms. The molecule has 0 aliphatic carbocycles. The number of thiophene rings is 1. The monoisotopic (exact) mass is 270 g/mol. The van der Waals surface area contributed by atoms with E-state index in [-0.39, 0.29) is 0 Å². The quantitative estimate of drug-likeness (QED) is 0.797. The Labute approximate surface area is 113 Å². The number of aromatic carboxylic acids is 1. The Hall–Kier alpha value is -0.910. The molecule has 0 bridgehead atoms. The van der Waals surface area contributed by atoms with Gasteiger partial charge >= 0.3 is 5.97 Å². The van der Waals surface area contributed by atoms with E-state index in [1.165, 1.54) is 11.3 Å². The highest BCUT2D eigenvalue weighted by Gasteiger charge is 2.11. The van der Waals surface area contributed by atoms with E-state index in [1.807, 2.05) is 6.92 Å². The Bertz CT molecular complexity index is 402. The molecule has 0 aromatic carbocycles. The van der Waals surface area contributed by atoms with E-state index in [0.29, 0.717) is 10.9 Å². The van der Waals surface area contributed by atoms with Gasteiger partial charge in [-0.3, -0.25) is 0 Å². The fourth-order valence-electron chi connectivity index (χ4n) is 1.64.